The third-order valence-electron chi connectivity index (χ3n) is 14.4. The zero-order chi connectivity index (χ0) is 51.5. The molecule has 0 saturated carbocycles. The average molecular weight is 1000 g/mol. The second-order valence-corrected chi connectivity index (χ2v) is 21.1. The number of carbonyl (C=O) groups is 1. The molecule has 0 aliphatic carbocycles. The van der Waals surface area contributed by atoms with Crippen molar-refractivity contribution < 1.29 is 39.8 Å². The van der Waals surface area contributed by atoms with Crippen LogP contribution in [0, 0.1) is 0 Å². The first-order valence-electron chi connectivity index (χ1n) is 30.4. The van der Waals surface area contributed by atoms with E-state index in [0.29, 0.717) is 6.42 Å². The van der Waals surface area contributed by atoms with E-state index in [-0.39, 0.29) is 12.5 Å². The van der Waals surface area contributed by atoms with Crippen molar-refractivity contribution in [1.82, 2.24) is 5.32 Å². The maximum atomic E-state index is 13.0. The van der Waals surface area contributed by atoms with Crippen molar-refractivity contribution in [1.29, 1.82) is 0 Å². The first kappa shape index (κ1) is 67.2. The van der Waals surface area contributed by atoms with E-state index >= 15 is 0 Å². The Morgan fingerprint density at radius 2 is 0.873 bits per heavy atom. The predicted molar refractivity (Wildman–Crippen MR) is 299 cm³/mol. The van der Waals surface area contributed by atoms with Crippen LogP contribution in [-0.2, 0) is 14.3 Å². The number of ether oxygens (including phenoxy) is 2. The lowest BCUT2D eigenvalue weighted by molar-refractivity contribution is -0.302. The fourth-order valence-electron chi connectivity index (χ4n) is 9.64. The van der Waals surface area contributed by atoms with Gasteiger partial charge in [0.25, 0.3) is 0 Å². The summed E-state index contributed by atoms with van der Waals surface area (Å²) >= 11 is 0. The number of rotatable bonds is 52. The molecule has 0 bridgehead atoms. The molecule has 1 saturated heterocycles. The van der Waals surface area contributed by atoms with Crippen LogP contribution in [0.25, 0.3) is 0 Å². The molecule has 0 spiro atoms. The van der Waals surface area contributed by atoms with E-state index in [0.717, 1.165) is 77.0 Å². The number of unbranched alkanes of at least 4 members (excludes halogenated alkanes) is 36. The molecular weight excluding hydrogens is 887 g/mol. The summed E-state index contributed by atoms with van der Waals surface area (Å²) < 4.78 is 11.3. The second-order valence-electron chi connectivity index (χ2n) is 21.1. The maximum absolute atomic E-state index is 13.0. The minimum absolute atomic E-state index is 0.192. The topological polar surface area (TPSA) is 149 Å². The summed E-state index contributed by atoms with van der Waals surface area (Å²) in [6, 6.07) is -0.816. The largest absolute Gasteiger partial charge is 0.394 e. The summed E-state index contributed by atoms with van der Waals surface area (Å²) in [5, 5.41) is 54.5. The number of amides is 1. The Morgan fingerprint density at radius 3 is 1.30 bits per heavy atom. The van der Waals surface area contributed by atoms with Crippen LogP contribution < -0.4 is 5.32 Å². The van der Waals surface area contributed by atoms with E-state index < -0.39 is 49.5 Å². The predicted octanol–water partition coefficient (Wildman–Crippen LogP) is 15.3. The molecule has 0 aromatic carbocycles. The standard InChI is InChI=1S/C62H115NO8/c1-3-5-7-9-11-13-15-17-19-20-21-22-23-24-25-26-27-28-29-30-31-32-33-34-35-36-38-39-41-43-45-47-49-51-56(65)55(54-70-62-61(69)60(68)59(67)57(53-64)71-62)63-58(66)52-50-48-46-44-42-40-37-18-16-14-12-10-8-6-4-2/h6,8,12,14,18,37,49,51,55-57,59-62,64-65,67-69H,3-5,7,9-11,13,15-17,19-36,38-48,50,52-54H2,1-2H3,(H,63,66)/b8-6-,14-12-,37-18-,51-49+. The number of allylic oxidation sites excluding steroid dienone is 7. The molecule has 1 fully saturated rings. The van der Waals surface area contributed by atoms with E-state index in [2.05, 4.69) is 55.6 Å². The van der Waals surface area contributed by atoms with Gasteiger partial charge in [0.2, 0.25) is 5.91 Å². The third-order valence-corrected chi connectivity index (χ3v) is 14.4. The van der Waals surface area contributed by atoms with Crippen LogP contribution in [-0.4, -0.2) is 87.5 Å². The quantitative estimate of drug-likeness (QED) is 0.0261. The van der Waals surface area contributed by atoms with Gasteiger partial charge in [-0.25, -0.2) is 0 Å². The summed E-state index contributed by atoms with van der Waals surface area (Å²) in [6.07, 6.45) is 62.1. The Balaban J connectivity index is 2.13. The summed E-state index contributed by atoms with van der Waals surface area (Å²) in [4.78, 5) is 13.0. The molecule has 9 nitrogen and oxygen atoms in total. The van der Waals surface area contributed by atoms with E-state index in [1.165, 1.54) is 186 Å². The average Bonchev–Trinajstić information content (AvgIpc) is 3.37. The van der Waals surface area contributed by atoms with Crippen molar-refractivity contribution in [3.8, 4) is 0 Å². The zero-order valence-corrected chi connectivity index (χ0v) is 46.2. The van der Waals surface area contributed by atoms with E-state index in [1.54, 1.807) is 6.08 Å². The van der Waals surface area contributed by atoms with Gasteiger partial charge in [-0.1, -0.05) is 274 Å². The first-order valence-corrected chi connectivity index (χ1v) is 30.4. The fourth-order valence-corrected chi connectivity index (χ4v) is 9.64. The van der Waals surface area contributed by atoms with Gasteiger partial charge in [0, 0.05) is 6.42 Å². The summed E-state index contributed by atoms with van der Waals surface area (Å²) in [5.74, 6) is -0.192. The molecule has 0 radical (unpaired) electrons. The van der Waals surface area contributed by atoms with Gasteiger partial charge in [-0.05, 0) is 51.4 Å². The molecule has 1 rings (SSSR count). The smallest absolute Gasteiger partial charge is 0.220 e. The molecule has 1 amide bonds. The van der Waals surface area contributed by atoms with E-state index in [4.69, 9.17) is 9.47 Å². The van der Waals surface area contributed by atoms with Gasteiger partial charge in [0.1, 0.15) is 24.4 Å². The van der Waals surface area contributed by atoms with Crippen molar-refractivity contribution in [3.05, 3.63) is 48.6 Å². The van der Waals surface area contributed by atoms with Crippen LogP contribution in [0.2, 0.25) is 0 Å². The van der Waals surface area contributed by atoms with Gasteiger partial charge >= 0.3 is 0 Å². The van der Waals surface area contributed by atoms with Crippen LogP contribution in [0.5, 0.6) is 0 Å². The van der Waals surface area contributed by atoms with Gasteiger partial charge in [-0.2, -0.15) is 0 Å². The van der Waals surface area contributed by atoms with Crippen molar-refractivity contribution in [2.24, 2.45) is 0 Å². The van der Waals surface area contributed by atoms with E-state index in [9.17, 15) is 30.3 Å². The Morgan fingerprint density at radius 1 is 0.493 bits per heavy atom. The number of hydrogen-bond acceptors (Lipinski definition) is 8. The molecule has 0 aromatic heterocycles. The molecule has 0 aromatic rings. The Hall–Kier alpha value is -1.85. The third kappa shape index (κ3) is 41.1. The molecule has 6 N–H and O–H groups in total. The highest BCUT2D eigenvalue weighted by atomic mass is 16.7. The molecule has 416 valence electrons. The zero-order valence-electron chi connectivity index (χ0n) is 46.2. The summed E-state index contributed by atoms with van der Waals surface area (Å²) in [7, 11) is 0. The SMILES string of the molecule is CC/C=C\C/C=C\C/C=C\CCCCCCCC(=O)NC(COC1OC(CO)C(O)C(O)C1O)C(O)/C=C/CCCCCCCCCCCCCCCCCCCCCCCCCCCCCCCCC. The Bertz CT molecular complexity index is 1250. The fraction of sp³-hybridized carbons (Fsp3) is 0.855. The van der Waals surface area contributed by atoms with Gasteiger partial charge < -0.3 is 40.3 Å². The summed E-state index contributed by atoms with van der Waals surface area (Å²) in [5.41, 5.74) is 0. The molecular formula is C62H115NO8. The highest BCUT2D eigenvalue weighted by Crippen LogP contribution is 2.23. The minimum atomic E-state index is -1.57. The number of hydrogen-bond donors (Lipinski definition) is 6. The molecule has 1 heterocycles. The molecule has 1 aliphatic rings. The maximum Gasteiger partial charge on any atom is 0.220 e. The first-order chi connectivity index (χ1) is 34.8. The molecule has 9 heteroatoms. The lowest BCUT2D eigenvalue weighted by Gasteiger charge is -2.40. The van der Waals surface area contributed by atoms with E-state index in [1.807, 2.05) is 6.08 Å². The molecule has 7 atom stereocenters. The Kier molecular flexibility index (Phi) is 48.8. The van der Waals surface area contributed by atoms with Crippen LogP contribution in [0.3, 0.4) is 0 Å². The number of nitrogens with one attached hydrogen (secondary N) is 1. The summed E-state index contributed by atoms with van der Waals surface area (Å²) in [6.45, 7) is 3.68. The van der Waals surface area contributed by atoms with Crippen LogP contribution in [0.1, 0.15) is 284 Å². The van der Waals surface area contributed by atoms with Gasteiger partial charge in [-0.3, -0.25) is 4.79 Å². The number of carbonyl (C=O) groups excluding carboxylic acids is 1. The molecule has 71 heavy (non-hydrogen) atoms. The van der Waals surface area contributed by atoms with Gasteiger partial charge in [0.15, 0.2) is 6.29 Å². The van der Waals surface area contributed by atoms with Gasteiger partial charge in [0.05, 0.1) is 25.4 Å². The monoisotopic (exact) mass is 1000 g/mol. The highest BCUT2D eigenvalue weighted by molar-refractivity contribution is 5.76. The molecule has 7 unspecified atom stereocenters. The lowest BCUT2D eigenvalue weighted by Crippen LogP contribution is -2.60. The highest BCUT2D eigenvalue weighted by Gasteiger charge is 2.44. The van der Waals surface area contributed by atoms with Crippen molar-refractivity contribution >= 4 is 5.91 Å². The Labute approximate surface area is 437 Å². The van der Waals surface area contributed by atoms with Crippen LogP contribution in [0.15, 0.2) is 48.6 Å². The normalized spacial score (nSPS) is 19.6. The van der Waals surface area contributed by atoms with Crippen molar-refractivity contribution in [2.45, 2.75) is 326 Å². The lowest BCUT2D eigenvalue weighted by atomic mass is 9.99. The molecule has 1 aliphatic heterocycles. The minimum Gasteiger partial charge on any atom is -0.394 e. The second kappa shape index (κ2) is 51.6. The number of aliphatic hydroxyl groups is 5. The van der Waals surface area contributed by atoms with Crippen LogP contribution >= 0.6 is 0 Å². The van der Waals surface area contributed by atoms with Gasteiger partial charge in [-0.15, -0.1) is 0 Å². The number of aliphatic hydroxyl groups excluding tert-OH is 5. The van der Waals surface area contributed by atoms with Crippen molar-refractivity contribution in [2.75, 3.05) is 13.2 Å². The van der Waals surface area contributed by atoms with Crippen molar-refractivity contribution in [3.63, 3.8) is 0 Å². The van der Waals surface area contributed by atoms with Crippen LogP contribution in [0.4, 0.5) is 0 Å².